The van der Waals surface area contributed by atoms with Crippen LogP contribution in [0.15, 0.2) is 4.99 Å². The number of nitrogens with zero attached hydrogens (tertiary/aromatic N) is 1. The summed E-state index contributed by atoms with van der Waals surface area (Å²) in [7, 11) is 0. The number of unbranched alkanes of at least 4 members (excludes halogenated alkanes) is 5. The number of rotatable bonds is 9. The van der Waals surface area contributed by atoms with E-state index in [9.17, 15) is 0 Å². The van der Waals surface area contributed by atoms with Crippen molar-refractivity contribution in [2.75, 3.05) is 13.1 Å². The Morgan fingerprint density at radius 1 is 1.18 bits per heavy atom. The SMILES string of the molecule is CCCCCCCCNC(N)=NCC1CC1.I. The Morgan fingerprint density at radius 3 is 2.47 bits per heavy atom. The molecule has 4 heteroatoms. The van der Waals surface area contributed by atoms with Crippen molar-refractivity contribution in [1.82, 2.24) is 5.32 Å². The fraction of sp³-hybridized carbons (Fsp3) is 0.923. The van der Waals surface area contributed by atoms with E-state index in [1.54, 1.807) is 0 Å². The third kappa shape index (κ3) is 10.9. The summed E-state index contributed by atoms with van der Waals surface area (Å²) in [5, 5.41) is 3.18. The highest BCUT2D eigenvalue weighted by molar-refractivity contribution is 14.0. The Labute approximate surface area is 123 Å². The molecule has 0 bridgehead atoms. The third-order valence-electron chi connectivity index (χ3n) is 3.05. The Hall–Kier alpha value is 0. The van der Waals surface area contributed by atoms with Crippen molar-refractivity contribution in [1.29, 1.82) is 0 Å². The second-order valence-electron chi connectivity index (χ2n) is 4.86. The van der Waals surface area contributed by atoms with Gasteiger partial charge in [0.15, 0.2) is 5.96 Å². The maximum absolute atomic E-state index is 5.75. The van der Waals surface area contributed by atoms with Gasteiger partial charge in [-0.15, -0.1) is 24.0 Å². The van der Waals surface area contributed by atoms with Gasteiger partial charge in [0.25, 0.3) is 0 Å². The predicted octanol–water partition coefficient (Wildman–Crippen LogP) is 3.28. The summed E-state index contributed by atoms with van der Waals surface area (Å²) in [6, 6.07) is 0. The van der Waals surface area contributed by atoms with Gasteiger partial charge in [-0.25, -0.2) is 0 Å². The van der Waals surface area contributed by atoms with Gasteiger partial charge in [0.1, 0.15) is 0 Å². The van der Waals surface area contributed by atoms with Gasteiger partial charge >= 0.3 is 0 Å². The summed E-state index contributed by atoms with van der Waals surface area (Å²) in [6.07, 6.45) is 10.6. The van der Waals surface area contributed by atoms with E-state index < -0.39 is 0 Å². The fourth-order valence-corrected chi connectivity index (χ4v) is 1.71. The molecule has 1 aliphatic rings. The minimum absolute atomic E-state index is 0. The van der Waals surface area contributed by atoms with E-state index in [4.69, 9.17) is 5.73 Å². The fourth-order valence-electron chi connectivity index (χ4n) is 1.71. The van der Waals surface area contributed by atoms with Crippen LogP contribution in [-0.4, -0.2) is 19.0 Å². The molecule has 0 heterocycles. The molecule has 1 rings (SSSR count). The number of halogens is 1. The van der Waals surface area contributed by atoms with Crippen LogP contribution in [0.2, 0.25) is 0 Å². The first-order valence-corrected chi connectivity index (χ1v) is 6.86. The van der Waals surface area contributed by atoms with Crippen LogP contribution in [0.25, 0.3) is 0 Å². The largest absolute Gasteiger partial charge is 0.370 e. The average Bonchev–Trinajstić information content (AvgIpc) is 3.09. The molecule has 0 aliphatic heterocycles. The number of guanidine groups is 1. The Bertz CT molecular complexity index is 203. The van der Waals surface area contributed by atoms with Gasteiger partial charge in [-0.1, -0.05) is 39.0 Å². The van der Waals surface area contributed by atoms with Crippen LogP contribution in [0.1, 0.15) is 58.3 Å². The van der Waals surface area contributed by atoms with Crippen molar-refractivity contribution in [3.05, 3.63) is 0 Å². The lowest BCUT2D eigenvalue weighted by atomic mass is 10.1. The smallest absolute Gasteiger partial charge is 0.188 e. The summed E-state index contributed by atoms with van der Waals surface area (Å²) >= 11 is 0. The van der Waals surface area contributed by atoms with Crippen LogP contribution in [0.5, 0.6) is 0 Å². The van der Waals surface area contributed by atoms with E-state index in [-0.39, 0.29) is 24.0 Å². The first-order chi connectivity index (χ1) is 7.83. The molecule has 0 unspecified atom stereocenters. The molecule has 0 radical (unpaired) electrons. The molecule has 0 spiro atoms. The van der Waals surface area contributed by atoms with Crippen molar-refractivity contribution in [2.24, 2.45) is 16.6 Å². The molecule has 102 valence electrons. The maximum Gasteiger partial charge on any atom is 0.188 e. The van der Waals surface area contributed by atoms with Crippen LogP contribution in [0.3, 0.4) is 0 Å². The Balaban J connectivity index is 0.00000256. The van der Waals surface area contributed by atoms with Crippen molar-refractivity contribution >= 4 is 29.9 Å². The highest BCUT2D eigenvalue weighted by Gasteiger charge is 2.20. The summed E-state index contributed by atoms with van der Waals surface area (Å²) in [6.45, 7) is 4.15. The third-order valence-corrected chi connectivity index (χ3v) is 3.05. The standard InChI is InChI=1S/C13H27N3.HI/c1-2-3-4-5-6-7-10-15-13(14)16-11-12-8-9-12;/h12H,2-11H2,1H3,(H3,14,15,16);1H. The molecule has 0 amide bonds. The number of nitrogens with one attached hydrogen (secondary N) is 1. The number of hydrogen-bond donors (Lipinski definition) is 2. The molecule has 0 aromatic rings. The molecule has 3 N–H and O–H groups in total. The van der Waals surface area contributed by atoms with Crippen molar-refractivity contribution in [2.45, 2.75) is 58.3 Å². The summed E-state index contributed by atoms with van der Waals surface area (Å²) in [5.41, 5.74) is 5.75. The first kappa shape index (κ1) is 17.0. The second kappa shape index (κ2) is 11.1. The van der Waals surface area contributed by atoms with E-state index in [2.05, 4.69) is 17.2 Å². The van der Waals surface area contributed by atoms with Gasteiger partial charge in [0.05, 0.1) is 0 Å². The Kier molecular flexibility index (Phi) is 11.1. The zero-order valence-electron chi connectivity index (χ0n) is 11.1. The van der Waals surface area contributed by atoms with E-state index in [1.807, 2.05) is 0 Å². The highest BCUT2D eigenvalue weighted by Crippen LogP contribution is 2.28. The van der Waals surface area contributed by atoms with E-state index in [0.717, 1.165) is 19.0 Å². The van der Waals surface area contributed by atoms with Crippen molar-refractivity contribution < 1.29 is 0 Å². The van der Waals surface area contributed by atoms with Crippen LogP contribution in [0.4, 0.5) is 0 Å². The monoisotopic (exact) mass is 353 g/mol. The van der Waals surface area contributed by atoms with E-state index in [1.165, 1.54) is 51.4 Å². The van der Waals surface area contributed by atoms with Crippen LogP contribution in [0, 0.1) is 5.92 Å². The zero-order chi connectivity index (χ0) is 11.6. The lowest BCUT2D eigenvalue weighted by Gasteiger charge is -2.05. The molecule has 0 aromatic carbocycles. The average molecular weight is 353 g/mol. The summed E-state index contributed by atoms with van der Waals surface area (Å²) < 4.78 is 0. The molecule has 3 nitrogen and oxygen atoms in total. The van der Waals surface area contributed by atoms with Crippen LogP contribution >= 0.6 is 24.0 Å². The molecular weight excluding hydrogens is 325 g/mol. The molecule has 1 aliphatic carbocycles. The van der Waals surface area contributed by atoms with Crippen molar-refractivity contribution in [3.63, 3.8) is 0 Å². The van der Waals surface area contributed by atoms with Gasteiger partial charge < -0.3 is 11.1 Å². The normalized spacial score (nSPS) is 15.5. The van der Waals surface area contributed by atoms with Crippen LogP contribution < -0.4 is 11.1 Å². The van der Waals surface area contributed by atoms with Gasteiger partial charge in [-0.2, -0.15) is 0 Å². The maximum atomic E-state index is 5.75. The number of hydrogen-bond acceptors (Lipinski definition) is 1. The summed E-state index contributed by atoms with van der Waals surface area (Å²) in [4.78, 5) is 4.32. The van der Waals surface area contributed by atoms with Gasteiger partial charge in [-0.3, -0.25) is 4.99 Å². The second-order valence-corrected chi connectivity index (χ2v) is 4.86. The zero-order valence-corrected chi connectivity index (χ0v) is 13.4. The molecule has 17 heavy (non-hydrogen) atoms. The van der Waals surface area contributed by atoms with Crippen LogP contribution in [-0.2, 0) is 0 Å². The van der Waals surface area contributed by atoms with E-state index >= 15 is 0 Å². The summed E-state index contributed by atoms with van der Waals surface area (Å²) in [5.74, 6) is 1.47. The first-order valence-electron chi connectivity index (χ1n) is 6.86. The molecular formula is C13H28IN3. The van der Waals surface area contributed by atoms with Gasteiger partial charge in [-0.05, 0) is 25.2 Å². The lowest BCUT2D eigenvalue weighted by molar-refractivity contribution is 0.601. The minimum atomic E-state index is 0. The highest BCUT2D eigenvalue weighted by atomic mass is 127. The predicted molar refractivity (Wildman–Crippen MR) is 86.0 cm³/mol. The van der Waals surface area contributed by atoms with Gasteiger partial charge in [0.2, 0.25) is 0 Å². The molecule has 0 aromatic heterocycles. The van der Waals surface area contributed by atoms with Crippen molar-refractivity contribution in [3.8, 4) is 0 Å². The minimum Gasteiger partial charge on any atom is -0.370 e. The molecule has 1 fully saturated rings. The topological polar surface area (TPSA) is 50.4 Å². The number of aliphatic imine (C=N–C) groups is 1. The molecule has 1 saturated carbocycles. The quantitative estimate of drug-likeness (QED) is 0.289. The Morgan fingerprint density at radius 2 is 1.82 bits per heavy atom. The van der Waals surface area contributed by atoms with E-state index in [0.29, 0.717) is 5.96 Å². The molecule has 0 atom stereocenters. The lowest BCUT2D eigenvalue weighted by Crippen LogP contribution is -2.32. The van der Waals surface area contributed by atoms with Gasteiger partial charge in [0, 0.05) is 13.1 Å². The number of nitrogens with two attached hydrogens (primary N) is 1. The molecule has 0 saturated heterocycles.